The molecule has 1 aromatic carbocycles. The number of nitrogens with zero attached hydrogens (tertiary/aromatic N) is 4. The normalized spacial score (nSPS) is 20.9. The number of amides is 1. The van der Waals surface area contributed by atoms with Crippen molar-refractivity contribution in [2.75, 3.05) is 50.7 Å². The smallest absolute Gasteiger partial charge is 0.236 e. The Labute approximate surface area is 161 Å². The quantitative estimate of drug-likeness (QED) is 0.836. The Bertz CT molecular complexity index is 771. The molecule has 5 nitrogen and oxygen atoms in total. The van der Waals surface area contributed by atoms with E-state index < -0.39 is 0 Å². The van der Waals surface area contributed by atoms with Crippen LogP contribution in [0.5, 0.6) is 0 Å². The molecule has 0 N–H and O–H groups in total. The lowest BCUT2D eigenvalue weighted by atomic mass is 9.99. The van der Waals surface area contributed by atoms with Gasteiger partial charge in [-0.1, -0.05) is 30.3 Å². The lowest BCUT2D eigenvalue weighted by Gasteiger charge is -2.36. The predicted molar refractivity (Wildman–Crippen MR) is 108 cm³/mol. The lowest BCUT2D eigenvalue weighted by Crippen LogP contribution is -2.51. The van der Waals surface area contributed by atoms with Crippen molar-refractivity contribution >= 4 is 11.6 Å². The van der Waals surface area contributed by atoms with Crippen LogP contribution in [0.3, 0.4) is 0 Å². The summed E-state index contributed by atoms with van der Waals surface area (Å²) in [4.78, 5) is 23.7. The van der Waals surface area contributed by atoms with Crippen molar-refractivity contribution in [1.29, 1.82) is 0 Å². The van der Waals surface area contributed by atoms with Crippen LogP contribution in [0.1, 0.15) is 23.6 Å². The third-order valence-electron chi connectivity index (χ3n) is 5.78. The van der Waals surface area contributed by atoms with E-state index >= 15 is 0 Å². The molecule has 2 aliphatic rings. The fourth-order valence-corrected chi connectivity index (χ4v) is 4.21. The number of rotatable bonds is 4. The molecule has 0 spiro atoms. The van der Waals surface area contributed by atoms with Crippen LogP contribution in [0.25, 0.3) is 0 Å². The molecule has 1 unspecified atom stereocenters. The van der Waals surface area contributed by atoms with Crippen molar-refractivity contribution in [3.63, 3.8) is 0 Å². The highest BCUT2D eigenvalue weighted by atomic mass is 16.2. The predicted octanol–water partition coefficient (Wildman–Crippen LogP) is 2.53. The summed E-state index contributed by atoms with van der Waals surface area (Å²) in [5, 5.41) is 0. The molecule has 1 atom stereocenters. The van der Waals surface area contributed by atoms with Gasteiger partial charge in [0, 0.05) is 50.3 Å². The molecule has 0 aliphatic carbocycles. The van der Waals surface area contributed by atoms with Gasteiger partial charge in [-0.05, 0) is 43.5 Å². The zero-order valence-corrected chi connectivity index (χ0v) is 16.1. The Hall–Kier alpha value is -2.40. The second-order valence-electron chi connectivity index (χ2n) is 7.65. The molecular formula is C22H28N4O. The van der Waals surface area contributed by atoms with Gasteiger partial charge in [-0.2, -0.15) is 0 Å². The minimum atomic E-state index is 0.272. The minimum Gasteiger partial charge on any atom is -0.368 e. The summed E-state index contributed by atoms with van der Waals surface area (Å²) in [6, 6.07) is 14.8. The fraction of sp³-hybridized carbons (Fsp3) is 0.455. The maximum absolute atomic E-state index is 12.8. The first-order valence-electron chi connectivity index (χ1n) is 9.92. The minimum absolute atomic E-state index is 0.272. The number of aromatic nitrogens is 1. The van der Waals surface area contributed by atoms with Gasteiger partial charge >= 0.3 is 0 Å². The standard InChI is InChI=1S/C22H28N4O/c1-18-15-21(7-9-23-18)25-11-13-26(14-12-25)22(27)17-24-10-8-20(16-24)19-5-3-2-4-6-19/h2-7,9,15,20H,8,10-14,16-17H2,1H3. The molecule has 2 aliphatic heterocycles. The molecule has 2 saturated heterocycles. The maximum Gasteiger partial charge on any atom is 0.236 e. The van der Waals surface area contributed by atoms with Crippen molar-refractivity contribution in [3.05, 3.63) is 59.9 Å². The highest BCUT2D eigenvalue weighted by Gasteiger charge is 2.28. The molecule has 1 aromatic heterocycles. The number of hydrogen-bond donors (Lipinski definition) is 0. The maximum atomic E-state index is 12.8. The summed E-state index contributed by atoms with van der Waals surface area (Å²) in [6.07, 6.45) is 3.01. The van der Waals surface area contributed by atoms with E-state index in [1.165, 1.54) is 11.3 Å². The van der Waals surface area contributed by atoms with E-state index in [1.54, 1.807) is 0 Å². The van der Waals surface area contributed by atoms with E-state index in [0.717, 1.165) is 51.4 Å². The molecule has 4 rings (SSSR count). The van der Waals surface area contributed by atoms with Gasteiger partial charge in [0.1, 0.15) is 0 Å². The Morgan fingerprint density at radius 3 is 2.59 bits per heavy atom. The first kappa shape index (κ1) is 18.0. The van der Waals surface area contributed by atoms with Crippen LogP contribution in [0.4, 0.5) is 5.69 Å². The number of pyridine rings is 1. The third-order valence-corrected chi connectivity index (χ3v) is 5.78. The summed E-state index contributed by atoms with van der Waals surface area (Å²) in [5.74, 6) is 0.833. The van der Waals surface area contributed by atoms with Crippen LogP contribution in [0.15, 0.2) is 48.7 Å². The molecule has 1 amide bonds. The van der Waals surface area contributed by atoms with Gasteiger partial charge < -0.3 is 9.80 Å². The van der Waals surface area contributed by atoms with Gasteiger partial charge in [0.05, 0.1) is 6.54 Å². The highest BCUT2D eigenvalue weighted by Crippen LogP contribution is 2.26. The Kier molecular flexibility index (Phi) is 5.39. The monoisotopic (exact) mass is 364 g/mol. The Balaban J connectivity index is 1.26. The summed E-state index contributed by atoms with van der Waals surface area (Å²) in [6.45, 7) is 7.96. The zero-order chi connectivity index (χ0) is 18.6. The highest BCUT2D eigenvalue weighted by molar-refractivity contribution is 5.78. The molecule has 5 heteroatoms. The van der Waals surface area contributed by atoms with Crippen molar-refractivity contribution < 1.29 is 4.79 Å². The van der Waals surface area contributed by atoms with Crippen LogP contribution < -0.4 is 4.90 Å². The zero-order valence-electron chi connectivity index (χ0n) is 16.1. The number of anilines is 1. The number of likely N-dealkylation sites (tertiary alicyclic amines) is 1. The SMILES string of the molecule is Cc1cc(N2CCN(C(=O)CN3CCC(c4ccccc4)C3)CC2)ccn1. The van der Waals surface area contributed by atoms with Gasteiger partial charge in [-0.15, -0.1) is 0 Å². The molecule has 142 valence electrons. The van der Waals surface area contributed by atoms with Crippen LogP contribution in [0.2, 0.25) is 0 Å². The first-order chi connectivity index (χ1) is 13.2. The molecule has 0 bridgehead atoms. The van der Waals surface area contributed by atoms with Gasteiger partial charge in [0.2, 0.25) is 5.91 Å². The average molecular weight is 364 g/mol. The van der Waals surface area contributed by atoms with Crippen molar-refractivity contribution in [2.24, 2.45) is 0 Å². The Morgan fingerprint density at radius 1 is 1.07 bits per heavy atom. The van der Waals surface area contributed by atoms with Crippen LogP contribution in [0, 0.1) is 6.92 Å². The average Bonchev–Trinajstić information content (AvgIpc) is 3.17. The van der Waals surface area contributed by atoms with Crippen LogP contribution >= 0.6 is 0 Å². The van der Waals surface area contributed by atoms with Gasteiger partial charge in [-0.25, -0.2) is 0 Å². The number of carbonyl (C=O) groups is 1. The molecular weight excluding hydrogens is 336 g/mol. The van der Waals surface area contributed by atoms with E-state index in [9.17, 15) is 4.79 Å². The molecule has 0 radical (unpaired) electrons. The second kappa shape index (κ2) is 8.09. The fourth-order valence-electron chi connectivity index (χ4n) is 4.21. The summed E-state index contributed by atoms with van der Waals surface area (Å²) in [5.41, 5.74) is 3.64. The molecule has 2 fully saturated rings. The molecule has 2 aromatic rings. The number of benzene rings is 1. The largest absolute Gasteiger partial charge is 0.368 e. The third kappa shape index (κ3) is 4.30. The van der Waals surface area contributed by atoms with Gasteiger partial charge in [0.15, 0.2) is 0 Å². The van der Waals surface area contributed by atoms with E-state index in [1.807, 2.05) is 18.0 Å². The molecule has 0 saturated carbocycles. The summed E-state index contributed by atoms with van der Waals surface area (Å²) in [7, 11) is 0. The topological polar surface area (TPSA) is 39.7 Å². The molecule has 3 heterocycles. The summed E-state index contributed by atoms with van der Waals surface area (Å²) >= 11 is 0. The van der Waals surface area contributed by atoms with E-state index in [2.05, 4.69) is 57.2 Å². The number of piperazine rings is 1. The molecule has 27 heavy (non-hydrogen) atoms. The summed E-state index contributed by atoms with van der Waals surface area (Å²) < 4.78 is 0. The van der Waals surface area contributed by atoms with E-state index in [0.29, 0.717) is 12.5 Å². The van der Waals surface area contributed by atoms with Crippen LogP contribution in [-0.2, 0) is 4.79 Å². The van der Waals surface area contributed by atoms with Gasteiger partial charge in [-0.3, -0.25) is 14.7 Å². The lowest BCUT2D eigenvalue weighted by molar-refractivity contribution is -0.132. The van der Waals surface area contributed by atoms with Crippen molar-refractivity contribution in [2.45, 2.75) is 19.3 Å². The van der Waals surface area contributed by atoms with Crippen LogP contribution in [-0.4, -0.2) is 66.5 Å². The second-order valence-corrected chi connectivity index (χ2v) is 7.65. The Morgan fingerprint density at radius 2 is 1.85 bits per heavy atom. The van der Waals surface area contributed by atoms with E-state index in [-0.39, 0.29) is 5.91 Å². The number of hydrogen-bond acceptors (Lipinski definition) is 4. The van der Waals surface area contributed by atoms with Crippen molar-refractivity contribution in [1.82, 2.24) is 14.8 Å². The number of carbonyl (C=O) groups excluding carboxylic acids is 1. The first-order valence-corrected chi connectivity index (χ1v) is 9.92. The van der Waals surface area contributed by atoms with Crippen molar-refractivity contribution in [3.8, 4) is 0 Å². The van der Waals surface area contributed by atoms with Gasteiger partial charge in [0.25, 0.3) is 0 Å². The van der Waals surface area contributed by atoms with E-state index in [4.69, 9.17) is 0 Å². The number of aryl methyl sites for hydroxylation is 1.